The van der Waals surface area contributed by atoms with E-state index in [0.29, 0.717) is 24.9 Å². The SMILES string of the molecule is CN=C(NCc1nc(-c2ccc(OC)cc2)n[nH]1)NCc1ccccc1Cn1cccn1. The van der Waals surface area contributed by atoms with Crippen molar-refractivity contribution in [3.8, 4) is 17.1 Å². The Morgan fingerprint density at radius 1 is 1.03 bits per heavy atom. The number of aliphatic imine (C=N–C) groups is 1. The van der Waals surface area contributed by atoms with Crippen molar-refractivity contribution < 1.29 is 4.74 Å². The molecule has 164 valence electrons. The van der Waals surface area contributed by atoms with Gasteiger partial charge in [0.25, 0.3) is 0 Å². The lowest BCUT2D eigenvalue weighted by atomic mass is 10.1. The minimum atomic E-state index is 0.470. The van der Waals surface area contributed by atoms with Crippen molar-refractivity contribution in [1.29, 1.82) is 0 Å². The zero-order valence-electron chi connectivity index (χ0n) is 18.1. The zero-order chi connectivity index (χ0) is 22.2. The van der Waals surface area contributed by atoms with Crippen LogP contribution in [0.4, 0.5) is 0 Å². The molecule has 0 bridgehead atoms. The molecule has 0 unspecified atom stereocenters. The fraction of sp³-hybridized carbons (Fsp3) is 0.217. The summed E-state index contributed by atoms with van der Waals surface area (Å²) in [6, 6.07) is 17.9. The number of hydrogen-bond acceptors (Lipinski definition) is 5. The molecule has 9 heteroatoms. The number of hydrogen-bond donors (Lipinski definition) is 3. The minimum Gasteiger partial charge on any atom is -0.497 e. The highest BCUT2D eigenvalue weighted by Gasteiger charge is 2.08. The Morgan fingerprint density at radius 3 is 2.53 bits per heavy atom. The maximum absolute atomic E-state index is 5.19. The van der Waals surface area contributed by atoms with Gasteiger partial charge in [0.1, 0.15) is 11.6 Å². The molecule has 4 aromatic rings. The fourth-order valence-electron chi connectivity index (χ4n) is 3.26. The molecule has 0 aliphatic heterocycles. The van der Waals surface area contributed by atoms with Crippen molar-refractivity contribution >= 4 is 5.96 Å². The largest absolute Gasteiger partial charge is 0.497 e. The van der Waals surface area contributed by atoms with Gasteiger partial charge in [-0.15, -0.1) is 0 Å². The molecule has 0 saturated heterocycles. The number of nitrogens with zero attached hydrogens (tertiary/aromatic N) is 5. The first kappa shape index (κ1) is 21.1. The van der Waals surface area contributed by atoms with Crippen LogP contribution in [0.3, 0.4) is 0 Å². The van der Waals surface area contributed by atoms with Crippen LogP contribution < -0.4 is 15.4 Å². The molecular formula is C23H26N8O. The van der Waals surface area contributed by atoms with Gasteiger partial charge in [-0.1, -0.05) is 24.3 Å². The highest BCUT2D eigenvalue weighted by molar-refractivity contribution is 5.79. The van der Waals surface area contributed by atoms with Gasteiger partial charge in [0, 0.05) is 31.5 Å². The summed E-state index contributed by atoms with van der Waals surface area (Å²) in [5.74, 6) is 2.84. The van der Waals surface area contributed by atoms with Gasteiger partial charge >= 0.3 is 0 Å². The molecule has 9 nitrogen and oxygen atoms in total. The first-order valence-electron chi connectivity index (χ1n) is 10.3. The van der Waals surface area contributed by atoms with Crippen molar-refractivity contribution in [1.82, 2.24) is 35.6 Å². The third-order valence-corrected chi connectivity index (χ3v) is 4.98. The molecule has 2 aromatic carbocycles. The first-order valence-corrected chi connectivity index (χ1v) is 10.3. The Bertz CT molecular complexity index is 1150. The van der Waals surface area contributed by atoms with E-state index in [1.165, 1.54) is 11.1 Å². The van der Waals surface area contributed by atoms with Crippen LogP contribution in [-0.4, -0.2) is 45.1 Å². The number of aromatic amines is 1. The third kappa shape index (κ3) is 5.31. The van der Waals surface area contributed by atoms with Crippen LogP contribution in [0.1, 0.15) is 17.0 Å². The van der Waals surface area contributed by atoms with E-state index in [4.69, 9.17) is 4.74 Å². The topological polar surface area (TPSA) is 105 Å². The third-order valence-electron chi connectivity index (χ3n) is 4.98. The van der Waals surface area contributed by atoms with E-state index in [1.54, 1.807) is 20.4 Å². The van der Waals surface area contributed by atoms with E-state index in [9.17, 15) is 0 Å². The van der Waals surface area contributed by atoms with E-state index >= 15 is 0 Å². The predicted octanol–water partition coefficient (Wildman–Crippen LogP) is 2.59. The van der Waals surface area contributed by atoms with Crippen molar-refractivity contribution in [3.63, 3.8) is 0 Å². The lowest BCUT2D eigenvalue weighted by Crippen LogP contribution is -2.36. The fourth-order valence-corrected chi connectivity index (χ4v) is 3.26. The zero-order valence-corrected chi connectivity index (χ0v) is 18.1. The molecule has 0 amide bonds. The van der Waals surface area contributed by atoms with Crippen LogP contribution in [0.2, 0.25) is 0 Å². The summed E-state index contributed by atoms with van der Waals surface area (Å²) in [4.78, 5) is 8.86. The van der Waals surface area contributed by atoms with Gasteiger partial charge in [-0.3, -0.25) is 14.8 Å². The van der Waals surface area contributed by atoms with E-state index in [0.717, 1.165) is 23.7 Å². The Labute approximate surface area is 186 Å². The monoisotopic (exact) mass is 430 g/mol. The average molecular weight is 431 g/mol. The molecule has 0 fully saturated rings. The van der Waals surface area contributed by atoms with Crippen LogP contribution in [0.25, 0.3) is 11.4 Å². The van der Waals surface area contributed by atoms with Gasteiger partial charge < -0.3 is 15.4 Å². The maximum Gasteiger partial charge on any atom is 0.191 e. The number of rotatable bonds is 8. The quantitative estimate of drug-likeness (QED) is 0.293. The summed E-state index contributed by atoms with van der Waals surface area (Å²) in [6.45, 7) is 1.84. The number of nitrogens with one attached hydrogen (secondary N) is 3. The van der Waals surface area contributed by atoms with E-state index in [-0.39, 0.29) is 0 Å². The van der Waals surface area contributed by atoms with Crippen LogP contribution >= 0.6 is 0 Å². The Morgan fingerprint density at radius 2 is 1.81 bits per heavy atom. The second kappa shape index (κ2) is 10.3. The molecule has 0 saturated carbocycles. The van der Waals surface area contributed by atoms with Crippen molar-refractivity contribution in [3.05, 3.63) is 83.9 Å². The van der Waals surface area contributed by atoms with Gasteiger partial charge in [-0.2, -0.15) is 10.2 Å². The van der Waals surface area contributed by atoms with E-state index < -0.39 is 0 Å². The average Bonchev–Trinajstić information content (AvgIpc) is 3.52. The summed E-state index contributed by atoms with van der Waals surface area (Å²) in [6.07, 6.45) is 3.75. The van der Waals surface area contributed by atoms with E-state index in [1.807, 2.05) is 53.3 Å². The first-order chi connectivity index (χ1) is 15.7. The van der Waals surface area contributed by atoms with Gasteiger partial charge in [-0.25, -0.2) is 4.98 Å². The van der Waals surface area contributed by atoms with Crippen LogP contribution in [0.5, 0.6) is 5.75 Å². The number of guanidine groups is 1. The highest BCUT2D eigenvalue weighted by atomic mass is 16.5. The molecule has 0 radical (unpaired) electrons. The van der Waals surface area contributed by atoms with E-state index in [2.05, 4.69) is 48.0 Å². The molecule has 2 heterocycles. The molecular weight excluding hydrogens is 404 g/mol. The molecule has 32 heavy (non-hydrogen) atoms. The summed E-state index contributed by atoms with van der Waals surface area (Å²) >= 11 is 0. The van der Waals surface area contributed by atoms with Gasteiger partial charge in [-0.05, 0) is 41.5 Å². The van der Waals surface area contributed by atoms with Crippen LogP contribution in [0.15, 0.2) is 72.0 Å². The Hall–Kier alpha value is -4.14. The van der Waals surface area contributed by atoms with Crippen molar-refractivity contribution in [2.75, 3.05) is 14.2 Å². The van der Waals surface area contributed by atoms with Gasteiger partial charge in [0.05, 0.1) is 20.2 Å². The van der Waals surface area contributed by atoms with Crippen LogP contribution in [-0.2, 0) is 19.6 Å². The normalized spacial score (nSPS) is 11.4. The number of H-pyrrole nitrogens is 1. The number of ether oxygens (including phenoxy) is 1. The van der Waals surface area contributed by atoms with Crippen molar-refractivity contribution in [2.24, 2.45) is 4.99 Å². The lowest BCUT2D eigenvalue weighted by molar-refractivity contribution is 0.415. The molecule has 0 spiro atoms. The summed E-state index contributed by atoms with van der Waals surface area (Å²) in [5, 5.41) is 18.2. The van der Waals surface area contributed by atoms with Crippen molar-refractivity contribution in [2.45, 2.75) is 19.6 Å². The number of methoxy groups -OCH3 is 1. The minimum absolute atomic E-state index is 0.470. The summed E-state index contributed by atoms with van der Waals surface area (Å²) in [7, 11) is 3.39. The predicted molar refractivity (Wildman–Crippen MR) is 123 cm³/mol. The van der Waals surface area contributed by atoms with Gasteiger partial charge in [0.2, 0.25) is 0 Å². The molecule has 0 aliphatic carbocycles. The summed E-state index contributed by atoms with van der Waals surface area (Å²) < 4.78 is 7.11. The molecule has 4 rings (SSSR count). The second-order valence-electron chi connectivity index (χ2n) is 7.09. The molecule has 0 atom stereocenters. The van der Waals surface area contributed by atoms with Crippen LogP contribution in [0, 0.1) is 0 Å². The standard InChI is InChI=1S/C23H26N8O/c1-24-23(25-14-18-6-3-4-7-19(18)16-31-13-5-12-27-31)26-15-21-28-22(30-29-21)17-8-10-20(32-2)11-9-17/h3-13H,14-16H2,1-2H3,(H2,24,25,26)(H,28,29,30). The maximum atomic E-state index is 5.19. The Kier molecular flexibility index (Phi) is 6.76. The van der Waals surface area contributed by atoms with Gasteiger partial charge in [0.15, 0.2) is 11.8 Å². The second-order valence-corrected chi connectivity index (χ2v) is 7.09. The number of benzene rings is 2. The molecule has 2 aromatic heterocycles. The summed E-state index contributed by atoms with van der Waals surface area (Å²) in [5.41, 5.74) is 3.32. The molecule has 0 aliphatic rings. The number of aromatic nitrogens is 5. The Balaban J connectivity index is 1.33. The smallest absolute Gasteiger partial charge is 0.191 e. The lowest BCUT2D eigenvalue weighted by Gasteiger charge is -2.14. The molecule has 3 N–H and O–H groups in total. The highest BCUT2D eigenvalue weighted by Crippen LogP contribution is 2.18.